The molecule has 0 aliphatic carbocycles. The monoisotopic (exact) mass is 822 g/mol. The Hall–Kier alpha value is -7.20. The van der Waals surface area contributed by atoms with Crippen molar-refractivity contribution in [2.75, 3.05) is 22.9 Å². The summed E-state index contributed by atoms with van der Waals surface area (Å²) < 4.78 is 31.7. The number of aliphatic carboxylic acids is 1. The minimum absolute atomic E-state index is 0. The van der Waals surface area contributed by atoms with Crippen molar-refractivity contribution in [1.82, 2.24) is 19.9 Å². The lowest BCUT2D eigenvalue weighted by Gasteiger charge is -2.23. The van der Waals surface area contributed by atoms with Crippen LogP contribution in [0.2, 0.25) is 0 Å². The molecule has 0 spiro atoms. The number of nitrogens with one attached hydrogen (secondary N) is 2. The molecule has 2 amide bonds. The Morgan fingerprint density at radius 1 is 0.644 bits per heavy atom. The van der Waals surface area contributed by atoms with E-state index < -0.39 is 24.1 Å². The SMILES string of the molecule is NCC(=O)N1c2ccccc2CC1c1nc2ccc(C(=O)O)cc2[nH]1.NCC(=O)N1c2ccccc2CC1c1nc2ccc(C(=O)O)cc2[nH]1.O.O.O=C(O)C(F)(F)F. The molecule has 2 aliphatic rings. The maximum absolute atomic E-state index is 12.4. The van der Waals surface area contributed by atoms with Crippen LogP contribution in [0.4, 0.5) is 24.5 Å². The molecule has 0 saturated carbocycles. The van der Waals surface area contributed by atoms with Crippen LogP contribution >= 0.6 is 0 Å². The number of aromatic amines is 2. The number of carboxylic acid groups (broad SMARTS) is 3. The molecular weight excluding hydrogens is 785 g/mol. The second-order valence-corrected chi connectivity index (χ2v) is 12.8. The zero-order valence-corrected chi connectivity index (χ0v) is 30.5. The molecule has 21 heteroatoms. The van der Waals surface area contributed by atoms with Crippen molar-refractivity contribution >= 4 is 63.2 Å². The maximum Gasteiger partial charge on any atom is 0.490 e. The predicted octanol–water partition coefficient (Wildman–Crippen LogP) is 2.68. The van der Waals surface area contributed by atoms with Gasteiger partial charge in [-0.15, -0.1) is 0 Å². The van der Waals surface area contributed by atoms with Gasteiger partial charge in [-0.25, -0.2) is 24.4 Å². The Kier molecular flexibility index (Phi) is 13.5. The van der Waals surface area contributed by atoms with Gasteiger partial charge in [0.25, 0.3) is 0 Å². The highest BCUT2D eigenvalue weighted by Crippen LogP contribution is 2.41. The first kappa shape index (κ1) is 44.5. The highest BCUT2D eigenvalue weighted by atomic mass is 19.4. The number of hydrogen-bond acceptors (Lipinski definition) is 9. The summed E-state index contributed by atoms with van der Waals surface area (Å²) in [5.74, 6) is -3.86. The zero-order chi connectivity index (χ0) is 41.2. The predicted molar refractivity (Wildman–Crippen MR) is 206 cm³/mol. The summed E-state index contributed by atoms with van der Waals surface area (Å²) in [6.45, 7) is -0.178. The van der Waals surface area contributed by atoms with Crippen molar-refractivity contribution in [1.29, 1.82) is 0 Å². The van der Waals surface area contributed by atoms with Gasteiger partial charge in [0, 0.05) is 24.2 Å². The third kappa shape index (κ3) is 9.18. The van der Waals surface area contributed by atoms with Crippen molar-refractivity contribution in [3.8, 4) is 0 Å². The molecule has 0 saturated heterocycles. The third-order valence-corrected chi connectivity index (χ3v) is 9.21. The number of H-pyrrole nitrogens is 2. The van der Waals surface area contributed by atoms with Gasteiger partial charge in [-0.05, 0) is 59.7 Å². The first-order valence-electron chi connectivity index (χ1n) is 17.1. The molecule has 4 heterocycles. The van der Waals surface area contributed by atoms with Crippen LogP contribution in [0.3, 0.4) is 0 Å². The van der Waals surface area contributed by atoms with E-state index in [2.05, 4.69) is 19.9 Å². The number of nitrogens with zero attached hydrogens (tertiary/aromatic N) is 4. The van der Waals surface area contributed by atoms with Gasteiger partial charge in [-0.2, -0.15) is 13.2 Å². The number of para-hydroxylation sites is 2. The summed E-state index contributed by atoms with van der Waals surface area (Å²) in [6, 6.07) is 24.3. The van der Waals surface area contributed by atoms with Crippen molar-refractivity contribution in [3.05, 3.63) is 119 Å². The fourth-order valence-electron chi connectivity index (χ4n) is 6.66. The van der Waals surface area contributed by atoms with E-state index in [9.17, 15) is 32.3 Å². The number of carboxylic acids is 3. The summed E-state index contributed by atoms with van der Waals surface area (Å²) in [5, 5.41) is 25.4. The molecule has 2 aliphatic heterocycles. The van der Waals surface area contributed by atoms with Crippen LogP contribution in [0.1, 0.15) is 55.6 Å². The molecule has 2 atom stereocenters. The number of aromatic carboxylic acids is 2. The first-order chi connectivity index (χ1) is 27.1. The van der Waals surface area contributed by atoms with E-state index in [1.165, 1.54) is 12.1 Å². The van der Waals surface area contributed by atoms with E-state index in [0.717, 1.165) is 22.5 Å². The van der Waals surface area contributed by atoms with Gasteiger partial charge in [-0.3, -0.25) is 9.59 Å². The lowest BCUT2D eigenvalue weighted by atomic mass is 10.1. The quantitative estimate of drug-likeness (QED) is 0.128. The Labute approximate surface area is 330 Å². The number of amides is 2. The topological polar surface area (TPSA) is 325 Å². The third-order valence-electron chi connectivity index (χ3n) is 9.21. The molecule has 2 unspecified atom stereocenters. The highest BCUT2D eigenvalue weighted by molar-refractivity contribution is 5.99. The second kappa shape index (κ2) is 17.9. The number of carbonyl (C=O) groups excluding carboxylic acids is 2. The molecule has 4 aromatic carbocycles. The van der Waals surface area contributed by atoms with Crippen LogP contribution in [0.25, 0.3) is 22.1 Å². The lowest BCUT2D eigenvalue weighted by Crippen LogP contribution is -2.37. The van der Waals surface area contributed by atoms with E-state index in [-0.39, 0.29) is 59.1 Å². The van der Waals surface area contributed by atoms with E-state index in [0.29, 0.717) is 46.6 Å². The van der Waals surface area contributed by atoms with Crippen LogP contribution in [0.5, 0.6) is 0 Å². The minimum atomic E-state index is -5.08. The molecule has 13 N–H and O–H groups in total. The summed E-state index contributed by atoms with van der Waals surface area (Å²) in [7, 11) is 0. The number of benzene rings is 4. The number of halogens is 3. The van der Waals surface area contributed by atoms with Crippen molar-refractivity contribution < 1.29 is 63.4 Å². The van der Waals surface area contributed by atoms with Gasteiger partial charge in [0.15, 0.2) is 0 Å². The van der Waals surface area contributed by atoms with Crippen molar-refractivity contribution in [3.63, 3.8) is 0 Å². The van der Waals surface area contributed by atoms with Crippen LogP contribution in [-0.4, -0.2) is 95.2 Å². The normalized spacial score (nSPS) is 15.1. The van der Waals surface area contributed by atoms with Crippen LogP contribution in [-0.2, 0) is 27.2 Å². The molecular formula is C38H37F3N8O10. The van der Waals surface area contributed by atoms with Gasteiger partial charge in [0.1, 0.15) is 11.6 Å². The summed E-state index contributed by atoms with van der Waals surface area (Å²) in [5.41, 5.74) is 17.9. The number of imidazole rings is 2. The minimum Gasteiger partial charge on any atom is -0.478 e. The molecule has 0 fully saturated rings. The number of aromatic nitrogens is 4. The summed E-state index contributed by atoms with van der Waals surface area (Å²) in [4.78, 5) is 74.8. The van der Waals surface area contributed by atoms with Crippen molar-refractivity contribution in [2.45, 2.75) is 31.1 Å². The largest absolute Gasteiger partial charge is 0.490 e. The summed E-state index contributed by atoms with van der Waals surface area (Å²) >= 11 is 0. The number of rotatable bonds is 6. The Morgan fingerprint density at radius 2 is 1.00 bits per heavy atom. The second-order valence-electron chi connectivity index (χ2n) is 12.8. The Morgan fingerprint density at radius 3 is 1.32 bits per heavy atom. The molecule has 59 heavy (non-hydrogen) atoms. The molecule has 0 radical (unpaired) electrons. The standard InChI is InChI=1S/2C18H16N4O3.C2HF3O2.2H2O/c2*19-9-16(23)22-14-4-2-1-3-10(14)8-15(22)17-20-12-6-5-11(18(24)25)7-13(12)21-17;3-2(4,5)1(6)7;;/h2*1-7,15H,8-9,19H2,(H,20,21)(H,24,25);(H,6,7);2*1H2. The number of alkyl halides is 3. The van der Waals surface area contributed by atoms with Gasteiger partial charge in [0.2, 0.25) is 11.8 Å². The zero-order valence-electron chi connectivity index (χ0n) is 30.5. The van der Waals surface area contributed by atoms with E-state index in [1.54, 1.807) is 34.1 Å². The molecule has 2 aromatic heterocycles. The fourth-order valence-corrected chi connectivity index (χ4v) is 6.66. The molecule has 6 aromatic rings. The fraction of sp³-hybridized carbons (Fsp3) is 0.184. The Balaban J connectivity index is 0.000000219. The molecule has 18 nitrogen and oxygen atoms in total. The van der Waals surface area contributed by atoms with Gasteiger partial charge >= 0.3 is 24.1 Å². The van der Waals surface area contributed by atoms with Gasteiger partial charge < -0.3 is 57.5 Å². The maximum atomic E-state index is 12.4. The van der Waals surface area contributed by atoms with E-state index >= 15 is 0 Å². The Bertz CT molecular complexity index is 2380. The first-order valence-corrected chi connectivity index (χ1v) is 17.1. The average molecular weight is 823 g/mol. The number of fused-ring (bicyclic) bond motifs is 4. The van der Waals surface area contributed by atoms with Crippen LogP contribution in [0.15, 0.2) is 84.9 Å². The average Bonchev–Trinajstić information content (AvgIpc) is 3.98. The van der Waals surface area contributed by atoms with Crippen LogP contribution in [0, 0.1) is 0 Å². The highest BCUT2D eigenvalue weighted by Gasteiger charge is 2.39. The van der Waals surface area contributed by atoms with Crippen molar-refractivity contribution in [2.24, 2.45) is 11.5 Å². The smallest absolute Gasteiger partial charge is 0.478 e. The van der Waals surface area contributed by atoms with E-state index in [4.69, 9.17) is 31.6 Å². The molecule has 0 bridgehead atoms. The van der Waals surface area contributed by atoms with Gasteiger partial charge in [0.05, 0.1) is 58.4 Å². The molecule has 8 rings (SSSR count). The number of anilines is 2. The number of carbonyl (C=O) groups is 5. The number of nitrogens with two attached hydrogens (primary N) is 2. The molecule has 310 valence electrons. The van der Waals surface area contributed by atoms with E-state index in [1.807, 2.05) is 48.5 Å². The van der Waals surface area contributed by atoms with Crippen LogP contribution < -0.4 is 21.3 Å². The summed E-state index contributed by atoms with van der Waals surface area (Å²) in [6.07, 6.45) is -3.82. The lowest BCUT2D eigenvalue weighted by molar-refractivity contribution is -0.192. The van der Waals surface area contributed by atoms with Gasteiger partial charge in [-0.1, -0.05) is 36.4 Å². The number of hydrogen-bond donors (Lipinski definition) is 7.